The maximum atomic E-state index is 5.57. The summed E-state index contributed by atoms with van der Waals surface area (Å²) in [6.07, 6.45) is 3.01. The summed E-state index contributed by atoms with van der Waals surface area (Å²) in [5, 5.41) is 8.66. The van der Waals surface area contributed by atoms with Gasteiger partial charge in [0.05, 0.1) is 23.8 Å². The fourth-order valence-electron chi connectivity index (χ4n) is 2.75. The van der Waals surface area contributed by atoms with Gasteiger partial charge < -0.3 is 14.8 Å². The molecule has 0 aliphatic carbocycles. The molecule has 0 aliphatic rings. The second-order valence-electron chi connectivity index (χ2n) is 6.01. The Balaban J connectivity index is 1.87. The van der Waals surface area contributed by atoms with E-state index in [2.05, 4.69) is 46.4 Å². The molecule has 1 aromatic carbocycles. The molecule has 3 rings (SSSR count). The number of aryl methyl sites for hydroxylation is 2. The van der Waals surface area contributed by atoms with Crippen LogP contribution in [0.4, 0.5) is 5.82 Å². The van der Waals surface area contributed by atoms with Crippen LogP contribution in [0.15, 0.2) is 30.7 Å². The van der Waals surface area contributed by atoms with E-state index in [4.69, 9.17) is 9.47 Å². The monoisotopic (exact) mass is 355 g/mol. The van der Waals surface area contributed by atoms with Gasteiger partial charge in [0.25, 0.3) is 0 Å². The number of benzene rings is 1. The molecule has 0 aliphatic heterocycles. The van der Waals surface area contributed by atoms with Crippen molar-refractivity contribution in [1.82, 2.24) is 19.7 Å². The normalized spacial score (nSPS) is 11.4. The molecule has 2 aromatic heterocycles. The molecule has 0 atom stereocenters. The molecule has 3 aromatic rings. The fraction of sp³-hybridized carbons (Fsp3) is 0.421. The van der Waals surface area contributed by atoms with Crippen molar-refractivity contribution in [2.75, 3.05) is 25.1 Å². The maximum absolute atomic E-state index is 5.57. The molecule has 7 heteroatoms. The predicted octanol–water partition coefficient (Wildman–Crippen LogP) is 3.24. The Morgan fingerprint density at radius 2 is 1.85 bits per heavy atom. The third-order valence-corrected chi connectivity index (χ3v) is 4.24. The molecule has 0 unspecified atom stereocenters. The van der Waals surface area contributed by atoms with E-state index in [9.17, 15) is 0 Å². The highest BCUT2D eigenvalue weighted by atomic mass is 16.7. The second-order valence-corrected chi connectivity index (χ2v) is 6.01. The number of anilines is 1. The maximum Gasteiger partial charge on any atom is 0.174 e. The zero-order valence-electron chi connectivity index (χ0n) is 15.7. The van der Waals surface area contributed by atoms with E-state index in [1.54, 1.807) is 12.5 Å². The first-order valence-corrected chi connectivity index (χ1v) is 8.87. The lowest BCUT2D eigenvalue weighted by molar-refractivity contribution is -0.126. The Hall–Kier alpha value is -2.51. The van der Waals surface area contributed by atoms with Crippen LogP contribution in [0, 0.1) is 13.8 Å². The van der Waals surface area contributed by atoms with E-state index >= 15 is 0 Å². The molecular formula is C19H25N5O2. The van der Waals surface area contributed by atoms with Crippen LogP contribution in [0.25, 0.3) is 16.7 Å². The Bertz CT molecular complexity index is 871. The molecule has 0 spiro atoms. The Morgan fingerprint density at radius 3 is 2.54 bits per heavy atom. The number of nitrogens with zero attached hydrogens (tertiary/aromatic N) is 4. The van der Waals surface area contributed by atoms with Crippen molar-refractivity contribution in [3.05, 3.63) is 41.9 Å². The van der Waals surface area contributed by atoms with E-state index in [-0.39, 0.29) is 6.29 Å². The zero-order valence-corrected chi connectivity index (χ0v) is 15.7. The lowest BCUT2D eigenvalue weighted by Gasteiger charge is -2.17. The average Bonchev–Trinajstić information content (AvgIpc) is 3.07. The molecule has 0 radical (unpaired) electrons. The molecule has 0 saturated heterocycles. The smallest absolute Gasteiger partial charge is 0.174 e. The van der Waals surface area contributed by atoms with Gasteiger partial charge in [-0.3, -0.25) is 0 Å². The summed E-state index contributed by atoms with van der Waals surface area (Å²) >= 11 is 0. The van der Waals surface area contributed by atoms with Crippen molar-refractivity contribution < 1.29 is 9.47 Å². The van der Waals surface area contributed by atoms with Crippen LogP contribution in [0.1, 0.15) is 25.0 Å². The minimum absolute atomic E-state index is 0.315. The quantitative estimate of drug-likeness (QED) is 0.625. The minimum atomic E-state index is -0.315. The number of fused-ring (bicyclic) bond motifs is 1. The topological polar surface area (TPSA) is 74.1 Å². The van der Waals surface area contributed by atoms with Crippen LogP contribution in [0.3, 0.4) is 0 Å². The first-order valence-electron chi connectivity index (χ1n) is 8.87. The molecule has 26 heavy (non-hydrogen) atoms. The Labute approximate surface area is 153 Å². The van der Waals surface area contributed by atoms with Crippen LogP contribution in [0.2, 0.25) is 0 Å². The van der Waals surface area contributed by atoms with Gasteiger partial charge in [0.1, 0.15) is 12.1 Å². The number of hydrogen-bond donors (Lipinski definition) is 1. The van der Waals surface area contributed by atoms with E-state index in [1.165, 1.54) is 11.1 Å². The van der Waals surface area contributed by atoms with Gasteiger partial charge >= 0.3 is 0 Å². The van der Waals surface area contributed by atoms with Crippen molar-refractivity contribution >= 4 is 16.9 Å². The van der Waals surface area contributed by atoms with Gasteiger partial charge in [-0.15, -0.1) is 0 Å². The summed E-state index contributed by atoms with van der Waals surface area (Å²) in [6.45, 7) is 9.77. The molecule has 0 amide bonds. The summed E-state index contributed by atoms with van der Waals surface area (Å²) in [6, 6.07) is 6.24. The van der Waals surface area contributed by atoms with Crippen molar-refractivity contribution in [2.24, 2.45) is 0 Å². The van der Waals surface area contributed by atoms with Crippen molar-refractivity contribution in [2.45, 2.75) is 34.0 Å². The standard InChI is InChI=1S/C19H25N5O2/c1-5-25-17(26-6-2)11-20-18-16-10-23-24(19(16)22-12-21-18)15-8-7-13(3)14(4)9-15/h7-10,12,17H,5-6,11H2,1-4H3,(H,20,21,22). The number of hydrogen-bond acceptors (Lipinski definition) is 6. The number of ether oxygens (including phenoxy) is 2. The summed E-state index contributed by atoms with van der Waals surface area (Å²) in [5.41, 5.74) is 4.21. The van der Waals surface area contributed by atoms with E-state index < -0.39 is 0 Å². The number of aromatic nitrogens is 4. The lowest BCUT2D eigenvalue weighted by Crippen LogP contribution is -2.26. The summed E-state index contributed by atoms with van der Waals surface area (Å²) in [4.78, 5) is 8.77. The largest absolute Gasteiger partial charge is 0.364 e. The molecule has 138 valence electrons. The highest BCUT2D eigenvalue weighted by Gasteiger charge is 2.13. The lowest BCUT2D eigenvalue weighted by atomic mass is 10.1. The molecule has 2 heterocycles. The zero-order chi connectivity index (χ0) is 18.5. The van der Waals surface area contributed by atoms with Crippen LogP contribution in [-0.2, 0) is 9.47 Å². The highest BCUT2D eigenvalue weighted by Crippen LogP contribution is 2.22. The number of rotatable bonds is 8. The van der Waals surface area contributed by atoms with Gasteiger partial charge in [0, 0.05) is 13.2 Å². The van der Waals surface area contributed by atoms with Crippen LogP contribution in [0.5, 0.6) is 0 Å². The first kappa shape index (κ1) is 18.3. The SMILES string of the molecule is CCOC(CNc1ncnc2c1cnn2-c1ccc(C)c(C)c1)OCC. The average molecular weight is 355 g/mol. The van der Waals surface area contributed by atoms with Gasteiger partial charge in [-0.2, -0.15) is 5.10 Å². The van der Waals surface area contributed by atoms with E-state index in [1.807, 2.05) is 24.6 Å². The third-order valence-electron chi connectivity index (χ3n) is 4.24. The number of nitrogens with one attached hydrogen (secondary N) is 1. The Morgan fingerprint density at radius 1 is 1.08 bits per heavy atom. The molecule has 0 bridgehead atoms. The van der Waals surface area contributed by atoms with E-state index in [0.717, 1.165) is 22.5 Å². The third kappa shape index (κ3) is 3.84. The van der Waals surface area contributed by atoms with Crippen molar-refractivity contribution in [3.63, 3.8) is 0 Å². The molecule has 0 saturated carbocycles. The summed E-state index contributed by atoms with van der Waals surface area (Å²) in [7, 11) is 0. The first-order chi connectivity index (χ1) is 12.6. The van der Waals surface area contributed by atoms with Crippen LogP contribution < -0.4 is 5.32 Å². The molecule has 7 nitrogen and oxygen atoms in total. The second kappa shape index (κ2) is 8.25. The van der Waals surface area contributed by atoms with E-state index in [0.29, 0.717) is 19.8 Å². The molecular weight excluding hydrogens is 330 g/mol. The Kier molecular flexibility index (Phi) is 5.80. The molecule has 1 N–H and O–H groups in total. The fourth-order valence-corrected chi connectivity index (χ4v) is 2.75. The summed E-state index contributed by atoms with van der Waals surface area (Å²) in [5.74, 6) is 0.717. The van der Waals surface area contributed by atoms with Gasteiger partial charge in [0.15, 0.2) is 11.9 Å². The van der Waals surface area contributed by atoms with Crippen molar-refractivity contribution in [1.29, 1.82) is 0 Å². The minimum Gasteiger partial charge on any atom is -0.364 e. The summed E-state index contributed by atoms with van der Waals surface area (Å²) < 4.78 is 13.0. The van der Waals surface area contributed by atoms with Gasteiger partial charge in [-0.25, -0.2) is 14.6 Å². The van der Waals surface area contributed by atoms with Crippen molar-refractivity contribution in [3.8, 4) is 5.69 Å². The van der Waals surface area contributed by atoms with Gasteiger partial charge in [0.2, 0.25) is 0 Å². The van der Waals surface area contributed by atoms with Crippen LogP contribution in [-0.4, -0.2) is 45.8 Å². The van der Waals surface area contributed by atoms with Gasteiger partial charge in [-0.1, -0.05) is 6.07 Å². The van der Waals surface area contributed by atoms with Crippen LogP contribution >= 0.6 is 0 Å². The highest BCUT2D eigenvalue weighted by molar-refractivity contribution is 5.87. The van der Waals surface area contributed by atoms with Gasteiger partial charge in [-0.05, 0) is 51.0 Å². The predicted molar refractivity (Wildman–Crippen MR) is 102 cm³/mol. The molecule has 0 fully saturated rings.